The monoisotopic (exact) mass is 394 g/mol. The highest BCUT2D eigenvalue weighted by atomic mass is 16.5. The molecule has 160 valence electrons. The summed E-state index contributed by atoms with van der Waals surface area (Å²) >= 11 is 0. The van der Waals surface area contributed by atoms with E-state index in [1.54, 1.807) is 7.11 Å². The molecule has 0 aromatic carbocycles. The van der Waals surface area contributed by atoms with E-state index >= 15 is 0 Å². The van der Waals surface area contributed by atoms with Gasteiger partial charge in [-0.1, -0.05) is 0 Å². The fraction of sp³-hybridized carbons (Fsp3) is 0.882. The summed E-state index contributed by atoms with van der Waals surface area (Å²) in [5, 5.41) is 5.34. The number of hydrogen-bond donors (Lipinski definition) is 2. The molecule has 0 rings (SSSR count). The molecule has 0 heterocycles. The van der Waals surface area contributed by atoms with E-state index in [1.807, 2.05) is 6.92 Å². The first-order valence-electron chi connectivity index (χ1n) is 9.11. The van der Waals surface area contributed by atoms with Gasteiger partial charge in [-0.05, 0) is 6.92 Å². The van der Waals surface area contributed by atoms with Gasteiger partial charge in [-0.15, -0.1) is 0 Å². The summed E-state index contributed by atoms with van der Waals surface area (Å²) in [6.07, 6.45) is 0. The van der Waals surface area contributed by atoms with Gasteiger partial charge >= 0.3 is 0 Å². The van der Waals surface area contributed by atoms with Crippen LogP contribution in [-0.2, 0) is 38.0 Å². The van der Waals surface area contributed by atoms with Gasteiger partial charge < -0.3 is 39.1 Å². The van der Waals surface area contributed by atoms with Gasteiger partial charge in [-0.25, -0.2) is 0 Å². The third kappa shape index (κ3) is 20.9. The fourth-order valence-electron chi connectivity index (χ4n) is 1.68. The topological polar surface area (TPSA) is 114 Å². The van der Waals surface area contributed by atoms with Crippen LogP contribution < -0.4 is 10.6 Å². The Balaban J connectivity index is 3.25. The summed E-state index contributed by atoms with van der Waals surface area (Å²) < 4.78 is 30.8. The summed E-state index contributed by atoms with van der Waals surface area (Å²) in [6, 6.07) is 0. The molecular formula is C17H34N2O8. The molecule has 0 bridgehead atoms. The second-order valence-corrected chi connectivity index (χ2v) is 5.22. The summed E-state index contributed by atoms with van der Waals surface area (Å²) in [4.78, 5) is 22.9. The van der Waals surface area contributed by atoms with Crippen molar-refractivity contribution in [3.63, 3.8) is 0 Å². The minimum absolute atomic E-state index is 0.0151. The van der Waals surface area contributed by atoms with Crippen LogP contribution in [0.3, 0.4) is 0 Å². The van der Waals surface area contributed by atoms with Crippen molar-refractivity contribution in [2.45, 2.75) is 6.92 Å². The summed E-state index contributed by atoms with van der Waals surface area (Å²) in [7, 11) is 1.60. The first-order chi connectivity index (χ1) is 13.2. The molecule has 10 heteroatoms. The highest BCUT2D eigenvalue weighted by molar-refractivity contribution is 5.77. The van der Waals surface area contributed by atoms with Crippen LogP contribution in [0.4, 0.5) is 0 Å². The van der Waals surface area contributed by atoms with Gasteiger partial charge in [0.25, 0.3) is 0 Å². The zero-order valence-corrected chi connectivity index (χ0v) is 16.5. The van der Waals surface area contributed by atoms with Crippen LogP contribution in [0, 0.1) is 0 Å². The molecule has 10 nitrogen and oxygen atoms in total. The van der Waals surface area contributed by atoms with Gasteiger partial charge in [-0.3, -0.25) is 9.59 Å². The van der Waals surface area contributed by atoms with Crippen LogP contribution in [0.1, 0.15) is 6.92 Å². The zero-order valence-electron chi connectivity index (χ0n) is 16.5. The lowest BCUT2D eigenvalue weighted by atomic mass is 10.5. The third-order valence-electron chi connectivity index (χ3n) is 2.98. The van der Waals surface area contributed by atoms with Gasteiger partial charge in [0.15, 0.2) is 0 Å². The Labute approximate surface area is 161 Å². The Morgan fingerprint density at radius 2 is 1.07 bits per heavy atom. The first kappa shape index (κ1) is 25.7. The summed E-state index contributed by atoms with van der Waals surface area (Å²) in [6.45, 7) is 6.65. The number of amides is 2. The predicted molar refractivity (Wildman–Crippen MR) is 97.7 cm³/mol. The smallest absolute Gasteiger partial charge is 0.246 e. The van der Waals surface area contributed by atoms with E-state index in [-0.39, 0.29) is 25.0 Å². The number of hydrogen-bond acceptors (Lipinski definition) is 8. The molecule has 0 radical (unpaired) electrons. The molecule has 0 aliphatic heterocycles. The van der Waals surface area contributed by atoms with Crippen molar-refractivity contribution in [3.8, 4) is 0 Å². The van der Waals surface area contributed by atoms with E-state index in [9.17, 15) is 9.59 Å². The van der Waals surface area contributed by atoms with E-state index in [2.05, 4.69) is 10.6 Å². The maximum absolute atomic E-state index is 11.5. The van der Waals surface area contributed by atoms with Crippen LogP contribution in [0.25, 0.3) is 0 Å². The molecule has 0 fully saturated rings. The van der Waals surface area contributed by atoms with Crippen molar-refractivity contribution < 1.29 is 38.0 Å². The maximum atomic E-state index is 11.5. The van der Waals surface area contributed by atoms with Gasteiger partial charge in [0.1, 0.15) is 13.2 Å². The van der Waals surface area contributed by atoms with Crippen LogP contribution in [0.5, 0.6) is 0 Å². The zero-order chi connectivity index (χ0) is 20.0. The lowest BCUT2D eigenvalue weighted by Gasteiger charge is -2.08. The molecule has 0 aromatic heterocycles. The van der Waals surface area contributed by atoms with Gasteiger partial charge in [0, 0.05) is 26.8 Å². The van der Waals surface area contributed by atoms with Crippen molar-refractivity contribution in [1.29, 1.82) is 0 Å². The molecule has 0 saturated carbocycles. The van der Waals surface area contributed by atoms with E-state index in [0.29, 0.717) is 72.6 Å². The minimum atomic E-state index is -0.213. The molecule has 0 spiro atoms. The van der Waals surface area contributed by atoms with E-state index in [4.69, 9.17) is 28.4 Å². The number of methoxy groups -OCH3 is 1. The van der Waals surface area contributed by atoms with Crippen LogP contribution in [0.15, 0.2) is 0 Å². The Hall–Kier alpha value is -1.30. The lowest BCUT2D eigenvalue weighted by Crippen LogP contribution is -2.32. The predicted octanol–water partition coefficient (Wildman–Crippen LogP) is -1.03. The Kier molecular flexibility index (Phi) is 20.0. The standard InChI is InChI=1S/C17H34N2O8/c1-3-23-6-4-18-16(20)14-26-12-10-24-7-5-19-17(21)15-27-13-11-25-9-8-22-2/h3-15H2,1-2H3,(H,18,20)(H,19,21). The normalized spacial score (nSPS) is 10.7. The quantitative estimate of drug-likeness (QED) is 0.252. The molecule has 0 aliphatic carbocycles. The molecule has 0 saturated heterocycles. The van der Waals surface area contributed by atoms with Gasteiger partial charge in [0.2, 0.25) is 11.8 Å². The minimum Gasteiger partial charge on any atom is -0.382 e. The van der Waals surface area contributed by atoms with Crippen LogP contribution >= 0.6 is 0 Å². The van der Waals surface area contributed by atoms with Crippen molar-refractivity contribution >= 4 is 11.8 Å². The average molecular weight is 394 g/mol. The van der Waals surface area contributed by atoms with Crippen molar-refractivity contribution in [3.05, 3.63) is 0 Å². The number of carbonyl (C=O) groups is 2. The molecule has 0 aromatic rings. The first-order valence-corrected chi connectivity index (χ1v) is 9.11. The number of rotatable bonds is 20. The van der Waals surface area contributed by atoms with Crippen molar-refractivity contribution in [2.75, 3.05) is 92.9 Å². The number of nitrogens with one attached hydrogen (secondary N) is 2. The molecular weight excluding hydrogens is 360 g/mol. The van der Waals surface area contributed by atoms with Crippen molar-refractivity contribution in [1.82, 2.24) is 10.6 Å². The maximum Gasteiger partial charge on any atom is 0.246 e. The van der Waals surface area contributed by atoms with E-state index in [1.165, 1.54) is 0 Å². The molecule has 2 amide bonds. The molecule has 0 aliphatic rings. The molecule has 0 atom stereocenters. The Morgan fingerprint density at radius 1 is 0.630 bits per heavy atom. The average Bonchev–Trinajstić information content (AvgIpc) is 2.66. The highest BCUT2D eigenvalue weighted by Crippen LogP contribution is 1.82. The van der Waals surface area contributed by atoms with Crippen molar-refractivity contribution in [2.24, 2.45) is 0 Å². The summed E-state index contributed by atoms with van der Waals surface area (Å²) in [5.74, 6) is -0.401. The van der Waals surface area contributed by atoms with Gasteiger partial charge in [-0.2, -0.15) is 0 Å². The largest absolute Gasteiger partial charge is 0.382 e. The number of ether oxygens (including phenoxy) is 6. The van der Waals surface area contributed by atoms with Gasteiger partial charge in [0.05, 0.1) is 52.9 Å². The van der Waals surface area contributed by atoms with E-state index < -0.39 is 0 Å². The number of carbonyl (C=O) groups excluding carboxylic acids is 2. The summed E-state index contributed by atoms with van der Waals surface area (Å²) in [5.41, 5.74) is 0. The second-order valence-electron chi connectivity index (χ2n) is 5.22. The van der Waals surface area contributed by atoms with Crippen LogP contribution in [0.2, 0.25) is 0 Å². The van der Waals surface area contributed by atoms with E-state index in [0.717, 1.165) is 0 Å². The molecule has 27 heavy (non-hydrogen) atoms. The lowest BCUT2D eigenvalue weighted by molar-refractivity contribution is -0.127. The highest BCUT2D eigenvalue weighted by Gasteiger charge is 2.02. The Bertz CT molecular complexity index is 358. The SMILES string of the molecule is CCOCCNC(=O)COCCOCCNC(=O)COCCOCCOC. The second kappa shape index (κ2) is 21.0. The Morgan fingerprint density at radius 3 is 1.59 bits per heavy atom. The van der Waals surface area contributed by atoms with Crippen LogP contribution in [-0.4, -0.2) is 105 Å². The molecule has 0 unspecified atom stereocenters. The fourth-order valence-corrected chi connectivity index (χ4v) is 1.68. The third-order valence-corrected chi connectivity index (χ3v) is 2.98. The molecule has 2 N–H and O–H groups in total.